The Morgan fingerprint density at radius 1 is 1.09 bits per heavy atom. The number of anilines is 1. The predicted octanol–water partition coefficient (Wildman–Crippen LogP) is 4.61. The van der Waals surface area contributed by atoms with Gasteiger partial charge in [-0.05, 0) is 43.4 Å². The predicted molar refractivity (Wildman–Crippen MR) is 117 cm³/mol. The highest BCUT2D eigenvalue weighted by Crippen LogP contribution is 2.41. The van der Waals surface area contributed by atoms with E-state index in [0.29, 0.717) is 22.8 Å². The van der Waals surface area contributed by atoms with Gasteiger partial charge in [0, 0.05) is 16.9 Å². The number of hydrogen-bond donors (Lipinski definition) is 1. The maximum atomic E-state index is 13.2. The third-order valence-electron chi connectivity index (χ3n) is 5.07. The lowest BCUT2D eigenvalue weighted by Crippen LogP contribution is -2.48. The number of thiocarbonyl (C=S) groups is 1. The quantitative estimate of drug-likeness (QED) is 0.510. The van der Waals surface area contributed by atoms with Crippen molar-refractivity contribution in [3.05, 3.63) is 64.9 Å². The van der Waals surface area contributed by atoms with Crippen molar-refractivity contribution >= 4 is 29.0 Å². The number of hydrogen-bond acceptors (Lipinski definition) is 5. The van der Waals surface area contributed by atoms with Crippen LogP contribution in [-0.4, -0.2) is 32.4 Å². The SMILES string of the molecule is COC(=O)C1=C(C)N(c2cccc(C(F)(F)F)c2)C(=S)NC1c1cccc(OC)c1OC. The Labute approximate surface area is 188 Å². The Hall–Kier alpha value is -3.27. The number of methoxy groups -OCH3 is 3. The smallest absolute Gasteiger partial charge is 0.416 e. The summed E-state index contributed by atoms with van der Waals surface area (Å²) < 4.78 is 55.6. The molecule has 1 aliphatic rings. The van der Waals surface area contributed by atoms with Crippen molar-refractivity contribution in [2.75, 3.05) is 26.2 Å². The van der Waals surface area contributed by atoms with Crippen LogP contribution in [0.1, 0.15) is 24.1 Å². The van der Waals surface area contributed by atoms with E-state index in [1.54, 1.807) is 25.1 Å². The molecule has 2 aromatic carbocycles. The molecule has 6 nitrogen and oxygen atoms in total. The second kappa shape index (κ2) is 9.07. The van der Waals surface area contributed by atoms with Crippen molar-refractivity contribution in [2.24, 2.45) is 0 Å². The molecule has 10 heteroatoms. The Balaban J connectivity index is 2.20. The molecular formula is C22H21F3N2O4S. The Kier molecular flexibility index (Phi) is 6.63. The van der Waals surface area contributed by atoms with Crippen molar-refractivity contribution in [2.45, 2.75) is 19.1 Å². The maximum absolute atomic E-state index is 13.2. The van der Waals surface area contributed by atoms with Gasteiger partial charge in [0.15, 0.2) is 16.6 Å². The van der Waals surface area contributed by atoms with Crippen LogP contribution in [0, 0.1) is 0 Å². The van der Waals surface area contributed by atoms with E-state index in [9.17, 15) is 18.0 Å². The highest BCUT2D eigenvalue weighted by Gasteiger charge is 2.38. The second-order valence-electron chi connectivity index (χ2n) is 6.84. The zero-order valence-corrected chi connectivity index (χ0v) is 18.6. The van der Waals surface area contributed by atoms with Crippen LogP contribution < -0.4 is 19.7 Å². The van der Waals surface area contributed by atoms with Gasteiger partial charge in [0.25, 0.3) is 0 Å². The summed E-state index contributed by atoms with van der Waals surface area (Å²) >= 11 is 5.49. The van der Waals surface area contributed by atoms with E-state index < -0.39 is 23.8 Å². The van der Waals surface area contributed by atoms with Crippen LogP contribution in [0.2, 0.25) is 0 Å². The van der Waals surface area contributed by atoms with Gasteiger partial charge in [0.05, 0.1) is 38.5 Å². The minimum atomic E-state index is -4.53. The van der Waals surface area contributed by atoms with E-state index in [1.165, 1.54) is 38.4 Å². The normalized spacial score (nSPS) is 16.5. The van der Waals surface area contributed by atoms with Gasteiger partial charge in [0.2, 0.25) is 0 Å². The third kappa shape index (κ3) is 4.22. The summed E-state index contributed by atoms with van der Waals surface area (Å²) in [4.78, 5) is 14.2. The average molecular weight is 466 g/mol. The number of esters is 1. The number of benzene rings is 2. The van der Waals surface area contributed by atoms with Gasteiger partial charge in [-0.1, -0.05) is 18.2 Å². The molecule has 3 rings (SSSR count). The van der Waals surface area contributed by atoms with E-state index in [1.807, 2.05) is 0 Å². The number of nitrogens with zero attached hydrogens (tertiary/aromatic N) is 1. The molecule has 32 heavy (non-hydrogen) atoms. The van der Waals surface area contributed by atoms with E-state index in [2.05, 4.69) is 5.32 Å². The molecule has 170 valence electrons. The largest absolute Gasteiger partial charge is 0.493 e. The van der Waals surface area contributed by atoms with Crippen molar-refractivity contribution in [3.8, 4) is 11.5 Å². The van der Waals surface area contributed by atoms with Gasteiger partial charge in [-0.25, -0.2) is 4.79 Å². The number of halogens is 3. The van der Waals surface area contributed by atoms with E-state index in [0.717, 1.165) is 12.1 Å². The summed E-state index contributed by atoms with van der Waals surface area (Å²) in [5.41, 5.74) is 0.381. The van der Waals surface area contributed by atoms with Crippen LogP contribution in [-0.2, 0) is 15.7 Å². The first kappa shape index (κ1) is 23.4. The number of carbonyl (C=O) groups excluding carboxylic acids is 1. The second-order valence-corrected chi connectivity index (χ2v) is 7.23. The number of rotatable bonds is 5. The highest BCUT2D eigenvalue weighted by molar-refractivity contribution is 7.80. The maximum Gasteiger partial charge on any atom is 0.416 e. The van der Waals surface area contributed by atoms with Gasteiger partial charge in [-0.15, -0.1) is 0 Å². The Morgan fingerprint density at radius 3 is 2.38 bits per heavy atom. The molecule has 0 aromatic heterocycles. The van der Waals surface area contributed by atoms with Crippen LogP contribution in [0.25, 0.3) is 0 Å². The van der Waals surface area contributed by atoms with Gasteiger partial charge in [0.1, 0.15) is 0 Å². The third-order valence-corrected chi connectivity index (χ3v) is 5.37. The number of para-hydroxylation sites is 1. The number of allylic oxidation sites excluding steroid dienone is 1. The number of nitrogens with one attached hydrogen (secondary N) is 1. The summed E-state index contributed by atoms with van der Waals surface area (Å²) in [6.07, 6.45) is -4.53. The topological polar surface area (TPSA) is 60.0 Å². The van der Waals surface area contributed by atoms with Gasteiger partial charge >= 0.3 is 12.1 Å². The van der Waals surface area contributed by atoms with Crippen LogP contribution in [0.3, 0.4) is 0 Å². The molecule has 1 aliphatic heterocycles. The van der Waals surface area contributed by atoms with Crippen LogP contribution in [0.4, 0.5) is 18.9 Å². The molecule has 1 unspecified atom stereocenters. The van der Waals surface area contributed by atoms with E-state index >= 15 is 0 Å². The molecule has 0 radical (unpaired) electrons. The summed E-state index contributed by atoms with van der Waals surface area (Å²) in [6, 6.07) is 9.08. The first-order valence-corrected chi connectivity index (χ1v) is 9.82. The summed E-state index contributed by atoms with van der Waals surface area (Å²) in [5.74, 6) is 0.168. The molecule has 0 saturated carbocycles. The average Bonchev–Trinajstić information content (AvgIpc) is 2.77. The van der Waals surface area contributed by atoms with Crippen molar-refractivity contribution in [1.29, 1.82) is 0 Å². The lowest BCUT2D eigenvalue weighted by molar-refractivity contribution is -0.138. The molecular weight excluding hydrogens is 445 g/mol. The van der Waals surface area contributed by atoms with Crippen molar-refractivity contribution in [1.82, 2.24) is 5.32 Å². The van der Waals surface area contributed by atoms with Crippen molar-refractivity contribution < 1.29 is 32.2 Å². The highest BCUT2D eigenvalue weighted by atomic mass is 32.1. The Bertz CT molecular complexity index is 1090. The molecule has 1 atom stereocenters. The molecule has 1 N–H and O–H groups in total. The fourth-order valence-electron chi connectivity index (χ4n) is 3.62. The minimum Gasteiger partial charge on any atom is -0.493 e. The van der Waals surface area contributed by atoms with E-state index in [-0.39, 0.29) is 16.4 Å². The molecule has 1 heterocycles. The van der Waals surface area contributed by atoms with E-state index in [4.69, 9.17) is 26.4 Å². The lowest BCUT2D eigenvalue weighted by Gasteiger charge is -2.38. The molecule has 0 spiro atoms. The monoisotopic (exact) mass is 466 g/mol. The number of alkyl halides is 3. The Morgan fingerprint density at radius 2 is 1.78 bits per heavy atom. The lowest BCUT2D eigenvalue weighted by atomic mass is 9.93. The fraction of sp³-hybridized carbons (Fsp3) is 0.273. The zero-order valence-electron chi connectivity index (χ0n) is 17.7. The number of ether oxygens (including phenoxy) is 3. The van der Waals surface area contributed by atoms with Gasteiger partial charge in [-0.3, -0.25) is 4.90 Å². The van der Waals surface area contributed by atoms with Crippen LogP contribution in [0.5, 0.6) is 11.5 Å². The fourth-order valence-corrected chi connectivity index (χ4v) is 3.98. The zero-order chi connectivity index (χ0) is 23.6. The van der Waals surface area contributed by atoms with Gasteiger partial charge in [-0.2, -0.15) is 13.2 Å². The number of carbonyl (C=O) groups is 1. The first-order chi connectivity index (χ1) is 15.1. The molecule has 0 saturated heterocycles. The summed E-state index contributed by atoms with van der Waals surface area (Å²) in [7, 11) is 4.17. The van der Waals surface area contributed by atoms with Gasteiger partial charge < -0.3 is 19.5 Å². The first-order valence-electron chi connectivity index (χ1n) is 9.41. The summed E-state index contributed by atoms with van der Waals surface area (Å²) in [5, 5.41) is 3.16. The van der Waals surface area contributed by atoms with Crippen LogP contribution in [0.15, 0.2) is 53.7 Å². The minimum absolute atomic E-state index is 0.115. The molecule has 0 bridgehead atoms. The standard InChI is InChI=1S/C22H21F3N2O4S/c1-12-17(20(28)31-4)18(15-9-6-10-16(29-2)19(15)30-3)26-21(32)27(12)14-8-5-7-13(11-14)22(23,24)25/h5-11,18H,1-4H3,(H,26,32). The molecule has 0 aliphatic carbocycles. The summed E-state index contributed by atoms with van der Waals surface area (Å²) in [6.45, 7) is 1.60. The molecule has 0 fully saturated rings. The molecule has 0 amide bonds. The van der Waals surface area contributed by atoms with Crippen LogP contribution >= 0.6 is 12.2 Å². The van der Waals surface area contributed by atoms with Crippen molar-refractivity contribution in [3.63, 3.8) is 0 Å². The molecule has 2 aromatic rings.